The van der Waals surface area contributed by atoms with E-state index in [1.165, 1.54) is 30.3 Å². The van der Waals surface area contributed by atoms with Crippen LogP contribution in [-0.2, 0) is 6.61 Å². The number of para-hydroxylation sites is 1. The van der Waals surface area contributed by atoms with E-state index >= 15 is 0 Å². The van der Waals surface area contributed by atoms with Crippen molar-refractivity contribution in [2.75, 3.05) is 5.32 Å². The zero-order chi connectivity index (χ0) is 24.9. The molecule has 8 nitrogen and oxygen atoms in total. The van der Waals surface area contributed by atoms with E-state index in [9.17, 15) is 23.7 Å². The largest absolute Gasteiger partial charge is 0.483 e. The number of hydrogen-bond acceptors (Lipinski definition) is 6. The van der Waals surface area contributed by atoms with E-state index in [4.69, 9.17) is 13.9 Å². The molecule has 0 spiro atoms. The average molecular weight is 480 g/mol. The molecular formula is C25H18F2N2O6. The molecule has 1 N–H and O–H groups in total. The van der Waals surface area contributed by atoms with E-state index in [1.807, 2.05) is 19.1 Å². The molecule has 0 saturated carbocycles. The first kappa shape index (κ1) is 23.4. The molecule has 0 fully saturated rings. The van der Waals surface area contributed by atoms with Crippen molar-refractivity contribution < 1.29 is 32.4 Å². The zero-order valence-electron chi connectivity index (χ0n) is 18.3. The van der Waals surface area contributed by atoms with Crippen molar-refractivity contribution in [2.24, 2.45) is 0 Å². The number of carbonyl (C=O) groups excluding carboxylic acids is 1. The maximum atomic E-state index is 13.7. The lowest BCUT2D eigenvalue weighted by atomic mass is 10.2. The lowest BCUT2D eigenvalue weighted by Gasteiger charge is -2.10. The van der Waals surface area contributed by atoms with Crippen LogP contribution < -0.4 is 14.8 Å². The Kier molecular flexibility index (Phi) is 6.72. The van der Waals surface area contributed by atoms with E-state index in [0.29, 0.717) is 11.8 Å². The van der Waals surface area contributed by atoms with Crippen LogP contribution in [0.5, 0.6) is 17.2 Å². The second-order valence-electron chi connectivity index (χ2n) is 7.42. The van der Waals surface area contributed by atoms with E-state index < -0.39 is 22.5 Å². The molecule has 1 amide bonds. The van der Waals surface area contributed by atoms with E-state index in [1.54, 1.807) is 12.1 Å². The summed E-state index contributed by atoms with van der Waals surface area (Å²) in [6.07, 6.45) is 0. The molecule has 10 heteroatoms. The normalized spacial score (nSPS) is 10.6. The molecule has 0 aliphatic carbocycles. The van der Waals surface area contributed by atoms with Crippen LogP contribution >= 0.6 is 0 Å². The number of non-ortho nitro benzene ring substituents is 1. The minimum absolute atomic E-state index is 0.101. The highest BCUT2D eigenvalue weighted by atomic mass is 19.1. The number of anilines is 1. The number of halogens is 2. The molecule has 178 valence electrons. The Labute approximate surface area is 197 Å². The van der Waals surface area contributed by atoms with Gasteiger partial charge in [0.25, 0.3) is 11.6 Å². The summed E-state index contributed by atoms with van der Waals surface area (Å²) in [6, 6.07) is 16.7. The SMILES string of the molecule is Cc1ccccc1Oc1cc(NC(=O)c2ccc(COc3ccc(F)cc3F)o2)cc([N+](=O)[O-])c1. The fourth-order valence-electron chi connectivity index (χ4n) is 3.13. The molecule has 4 aromatic rings. The number of nitrogens with one attached hydrogen (secondary N) is 1. The maximum Gasteiger partial charge on any atom is 0.291 e. The van der Waals surface area contributed by atoms with Crippen molar-refractivity contribution in [3.05, 3.63) is 112 Å². The second kappa shape index (κ2) is 10.0. The number of nitrogens with zero attached hydrogens (tertiary/aromatic N) is 1. The van der Waals surface area contributed by atoms with Crippen LogP contribution in [0.3, 0.4) is 0 Å². The summed E-state index contributed by atoms with van der Waals surface area (Å²) in [6.45, 7) is 1.62. The van der Waals surface area contributed by atoms with Crippen LogP contribution in [0.2, 0.25) is 0 Å². The number of aryl methyl sites for hydroxylation is 1. The molecule has 0 radical (unpaired) electrons. The molecule has 0 atom stereocenters. The third-order valence-corrected chi connectivity index (χ3v) is 4.83. The molecular weight excluding hydrogens is 462 g/mol. The molecule has 0 bridgehead atoms. The summed E-state index contributed by atoms with van der Waals surface area (Å²) in [5.41, 5.74) is 0.673. The number of benzene rings is 3. The molecule has 3 aromatic carbocycles. The average Bonchev–Trinajstić information content (AvgIpc) is 3.29. The lowest BCUT2D eigenvalue weighted by Crippen LogP contribution is -2.11. The predicted molar refractivity (Wildman–Crippen MR) is 122 cm³/mol. The van der Waals surface area contributed by atoms with Crippen LogP contribution in [0.4, 0.5) is 20.2 Å². The Morgan fingerprint density at radius 1 is 1.03 bits per heavy atom. The molecule has 0 saturated heterocycles. The molecule has 1 heterocycles. The number of amides is 1. The van der Waals surface area contributed by atoms with Crippen molar-refractivity contribution in [1.29, 1.82) is 0 Å². The lowest BCUT2D eigenvalue weighted by molar-refractivity contribution is -0.384. The first-order chi connectivity index (χ1) is 16.8. The van der Waals surface area contributed by atoms with Crippen LogP contribution in [0.1, 0.15) is 21.9 Å². The minimum atomic E-state index is -0.871. The van der Waals surface area contributed by atoms with Crippen LogP contribution in [0, 0.1) is 28.7 Å². The Hall–Kier alpha value is -4.73. The van der Waals surface area contributed by atoms with Crippen molar-refractivity contribution in [3.8, 4) is 17.2 Å². The van der Waals surface area contributed by atoms with Gasteiger partial charge in [-0.3, -0.25) is 14.9 Å². The Bertz CT molecular complexity index is 1400. The first-order valence-electron chi connectivity index (χ1n) is 10.3. The van der Waals surface area contributed by atoms with Crippen molar-refractivity contribution >= 4 is 17.3 Å². The van der Waals surface area contributed by atoms with Crippen molar-refractivity contribution in [2.45, 2.75) is 13.5 Å². The monoisotopic (exact) mass is 480 g/mol. The van der Waals surface area contributed by atoms with Crippen LogP contribution in [0.25, 0.3) is 0 Å². The van der Waals surface area contributed by atoms with Gasteiger partial charge in [-0.2, -0.15) is 0 Å². The third-order valence-electron chi connectivity index (χ3n) is 4.83. The molecule has 1 aromatic heterocycles. The van der Waals surface area contributed by atoms with Gasteiger partial charge in [-0.05, 0) is 42.8 Å². The van der Waals surface area contributed by atoms with Gasteiger partial charge in [-0.1, -0.05) is 18.2 Å². The maximum absolute atomic E-state index is 13.7. The van der Waals surface area contributed by atoms with Gasteiger partial charge < -0.3 is 19.2 Å². The van der Waals surface area contributed by atoms with Gasteiger partial charge in [0.05, 0.1) is 16.7 Å². The van der Waals surface area contributed by atoms with Crippen molar-refractivity contribution in [3.63, 3.8) is 0 Å². The highest BCUT2D eigenvalue weighted by molar-refractivity contribution is 6.02. The fourth-order valence-corrected chi connectivity index (χ4v) is 3.13. The number of carbonyl (C=O) groups is 1. The summed E-state index contributed by atoms with van der Waals surface area (Å²) < 4.78 is 43.1. The first-order valence-corrected chi connectivity index (χ1v) is 10.3. The van der Waals surface area contributed by atoms with Gasteiger partial charge in [0.2, 0.25) is 0 Å². The molecule has 4 rings (SSSR count). The van der Waals surface area contributed by atoms with E-state index in [2.05, 4.69) is 5.32 Å². The quantitative estimate of drug-likeness (QED) is 0.231. The van der Waals surface area contributed by atoms with Gasteiger partial charge in [-0.15, -0.1) is 0 Å². The Balaban J connectivity index is 1.47. The summed E-state index contributed by atoms with van der Waals surface area (Å²) in [4.78, 5) is 23.4. The number of nitro groups is 1. The summed E-state index contributed by atoms with van der Waals surface area (Å²) >= 11 is 0. The third kappa shape index (κ3) is 5.80. The van der Waals surface area contributed by atoms with Gasteiger partial charge in [-0.25, -0.2) is 8.78 Å². The van der Waals surface area contributed by atoms with Gasteiger partial charge in [0, 0.05) is 18.2 Å². The van der Waals surface area contributed by atoms with E-state index in [0.717, 1.165) is 17.7 Å². The standard InChI is InChI=1S/C25H18F2N2O6/c1-15-4-2-3-5-22(15)35-20-12-17(11-18(13-20)29(31)32)28-25(30)24-9-7-19(34-24)14-33-23-8-6-16(26)10-21(23)27/h2-13H,14H2,1H3,(H,28,30). The highest BCUT2D eigenvalue weighted by Gasteiger charge is 2.17. The number of rotatable bonds is 8. The minimum Gasteiger partial charge on any atom is -0.483 e. The van der Waals surface area contributed by atoms with Gasteiger partial charge in [0.15, 0.2) is 17.3 Å². The highest BCUT2D eigenvalue weighted by Crippen LogP contribution is 2.31. The molecule has 0 aliphatic rings. The number of hydrogen-bond donors (Lipinski definition) is 1. The van der Waals surface area contributed by atoms with Crippen LogP contribution in [-0.4, -0.2) is 10.8 Å². The number of nitro benzene ring substituents is 1. The number of furan rings is 1. The Morgan fingerprint density at radius 2 is 1.83 bits per heavy atom. The fraction of sp³-hybridized carbons (Fsp3) is 0.0800. The number of ether oxygens (including phenoxy) is 2. The predicted octanol–water partition coefficient (Wildman–Crippen LogP) is 6.40. The van der Waals surface area contributed by atoms with E-state index in [-0.39, 0.29) is 41.0 Å². The molecule has 0 unspecified atom stereocenters. The topological polar surface area (TPSA) is 104 Å². The van der Waals surface area contributed by atoms with Crippen molar-refractivity contribution in [1.82, 2.24) is 0 Å². The summed E-state index contributed by atoms with van der Waals surface area (Å²) in [7, 11) is 0. The van der Waals surface area contributed by atoms with Crippen LogP contribution in [0.15, 0.2) is 77.2 Å². The summed E-state index contributed by atoms with van der Waals surface area (Å²) in [5.74, 6) is -1.67. The van der Waals surface area contributed by atoms with Gasteiger partial charge in [0.1, 0.15) is 29.7 Å². The molecule has 35 heavy (non-hydrogen) atoms. The second-order valence-corrected chi connectivity index (χ2v) is 7.42. The Morgan fingerprint density at radius 3 is 2.57 bits per heavy atom. The summed E-state index contributed by atoms with van der Waals surface area (Å²) in [5, 5.41) is 13.9. The molecule has 0 aliphatic heterocycles. The smallest absolute Gasteiger partial charge is 0.291 e. The van der Waals surface area contributed by atoms with Gasteiger partial charge >= 0.3 is 0 Å². The zero-order valence-corrected chi connectivity index (χ0v) is 18.3.